The summed E-state index contributed by atoms with van der Waals surface area (Å²) >= 11 is 0. The van der Waals surface area contributed by atoms with Crippen LogP contribution in [0.5, 0.6) is 0 Å². The summed E-state index contributed by atoms with van der Waals surface area (Å²) in [6, 6.07) is 0. The molecule has 22 heavy (non-hydrogen) atoms. The van der Waals surface area contributed by atoms with E-state index in [-0.39, 0.29) is 12.8 Å². The van der Waals surface area contributed by atoms with Crippen LogP contribution in [0.1, 0.15) is 51.9 Å². The van der Waals surface area contributed by atoms with Gasteiger partial charge >= 0.3 is 17.9 Å². The van der Waals surface area contributed by atoms with Gasteiger partial charge in [-0.05, 0) is 19.3 Å². The summed E-state index contributed by atoms with van der Waals surface area (Å²) in [6.07, 6.45) is 2.91. The Hall–Kier alpha value is -0.890. The van der Waals surface area contributed by atoms with Crippen molar-refractivity contribution in [2.24, 2.45) is 0 Å². The Labute approximate surface area is 138 Å². The van der Waals surface area contributed by atoms with Crippen LogP contribution in [0.3, 0.4) is 0 Å². The van der Waals surface area contributed by atoms with E-state index in [1.807, 2.05) is 21.6 Å². The average molecular weight is 350 g/mol. The molecule has 0 bridgehead atoms. The molecule has 0 saturated carbocycles. The van der Waals surface area contributed by atoms with Crippen molar-refractivity contribution in [3.05, 3.63) is 0 Å². The van der Waals surface area contributed by atoms with Crippen molar-refractivity contribution < 1.29 is 29.0 Å². The Kier molecular flexibility index (Phi) is 9.38. The maximum absolute atomic E-state index is 11.6. The van der Waals surface area contributed by atoms with Crippen LogP contribution in [0.4, 0.5) is 0 Å². The minimum absolute atomic E-state index is 0.228. The fourth-order valence-corrected chi connectivity index (χ4v) is 4.95. The highest BCUT2D eigenvalue weighted by molar-refractivity contribution is 8.77. The molecule has 2 atom stereocenters. The largest absolute Gasteiger partial charge is 0.481 e. The lowest BCUT2D eigenvalue weighted by molar-refractivity contribution is -0.185. The maximum atomic E-state index is 11.6. The lowest BCUT2D eigenvalue weighted by Gasteiger charge is -2.14. The van der Waals surface area contributed by atoms with E-state index in [2.05, 4.69) is 0 Å². The Balaban J connectivity index is 2.04. The van der Waals surface area contributed by atoms with Gasteiger partial charge in [-0.2, -0.15) is 0 Å². The molecule has 1 aliphatic heterocycles. The van der Waals surface area contributed by atoms with Gasteiger partial charge in [0.25, 0.3) is 0 Å². The monoisotopic (exact) mass is 350 g/mol. The Bertz CT molecular complexity index is 382. The highest BCUT2D eigenvalue weighted by Crippen LogP contribution is 2.39. The first-order valence-corrected chi connectivity index (χ1v) is 9.74. The number of rotatable bonds is 10. The normalized spacial score (nSPS) is 18.7. The highest BCUT2D eigenvalue weighted by atomic mass is 33.1. The molecular formula is C14H22O6S2. The summed E-state index contributed by atoms with van der Waals surface area (Å²) in [5.41, 5.74) is 0. The van der Waals surface area contributed by atoms with Gasteiger partial charge in [-0.15, -0.1) is 0 Å². The molecule has 0 aromatic rings. The van der Waals surface area contributed by atoms with E-state index in [1.165, 1.54) is 19.1 Å². The van der Waals surface area contributed by atoms with Gasteiger partial charge in [-0.1, -0.05) is 28.0 Å². The Morgan fingerprint density at radius 2 is 1.82 bits per heavy atom. The molecule has 1 fully saturated rings. The molecule has 1 N–H and O–H groups in total. The summed E-state index contributed by atoms with van der Waals surface area (Å²) in [6.45, 7) is 1.45. The molecule has 126 valence electrons. The summed E-state index contributed by atoms with van der Waals surface area (Å²) in [5.74, 6) is -0.937. The number of hydrogen-bond donors (Lipinski definition) is 1. The van der Waals surface area contributed by atoms with Crippen molar-refractivity contribution in [1.82, 2.24) is 0 Å². The summed E-state index contributed by atoms with van der Waals surface area (Å²) in [7, 11) is 3.83. The van der Waals surface area contributed by atoms with Gasteiger partial charge in [0.15, 0.2) is 0 Å². The minimum Gasteiger partial charge on any atom is -0.481 e. The fourth-order valence-electron chi connectivity index (χ4n) is 1.93. The van der Waals surface area contributed by atoms with E-state index in [0.717, 1.165) is 19.3 Å². The first-order valence-electron chi connectivity index (χ1n) is 7.36. The molecule has 0 aromatic heterocycles. The zero-order valence-electron chi connectivity index (χ0n) is 12.6. The molecule has 0 spiro atoms. The van der Waals surface area contributed by atoms with Crippen LogP contribution in [0.15, 0.2) is 0 Å². The van der Waals surface area contributed by atoms with E-state index in [9.17, 15) is 14.4 Å². The van der Waals surface area contributed by atoms with Gasteiger partial charge < -0.3 is 14.6 Å². The highest BCUT2D eigenvalue weighted by Gasteiger charge is 2.17. The summed E-state index contributed by atoms with van der Waals surface area (Å²) < 4.78 is 9.77. The van der Waals surface area contributed by atoms with E-state index in [0.29, 0.717) is 11.7 Å². The van der Waals surface area contributed by atoms with Crippen molar-refractivity contribution in [3.63, 3.8) is 0 Å². The molecule has 2 unspecified atom stereocenters. The van der Waals surface area contributed by atoms with E-state index in [1.54, 1.807) is 0 Å². The van der Waals surface area contributed by atoms with Crippen LogP contribution in [-0.2, 0) is 23.9 Å². The lowest BCUT2D eigenvalue weighted by atomic mass is 10.1. The van der Waals surface area contributed by atoms with Gasteiger partial charge in [0.2, 0.25) is 6.29 Å². The van der Waals surface area contributed by atoms with Crippen LogP contribution in [0.2, 0.25) is 0 Å². The molecule has 0 aromatic carbocycles. The van der Waals surface area contributed by atoms with Crippen molar-refractivity contribution in [2.45, 2.75) is 63.4 Å². The molecule has 1 saturated heterocycles. The van der Waals surface area contributed by atoms with E-state index < -0.39 is 24.2 Å². The zero-order valence-corrected chi connectivity index (χ0v) is 14.2. The van der Waals surface area contributed by atoms with Gasteiger partial charge in [-0.3, -0.25) is 14.4 Å². The predicted molar refractivity (Wildman–Crippen MR) is 85.4 cm³/mol. The molecule has 0 aliphatic carbocycles. The molecule has 1 heterocycles. The quantitative estimate of drug-likeness (QED) is 0.278. The molecule has 0 amide bonds. The number of ether oxygens (including phenoxy) is 2. The molecule has 8 heteroatoms. The number of aliphatic carboxylic acids is 1. The molecular weight excluding hydrogens is 328 g/mol. The topological polar surface area (TPSA) is 89.9 Å². The number of hydrogen-bond acceptors (Lipinski definition) is 7. The van der Waals surface area contributed by atoms with Crippen molar-refractivity contribution in [3.8, 4) is 0 Å². The number of unbranched alkanes of at least 4 members (excludes halogenated alkanes) is 1. The molecule has 1 rings (SSSR count). The number of carbonyl (C=O) groups is 3. The van der Waals surface area contributed by atoms with E-state index in [4.69, 9.17) is 14.6 Å². The standard InChI is InChI=1S/C14H22O6S2/c1-10(20-14(18)7-6-12(15)16)19-13(17)5-3-2-4-11-8-9-21-22-11/h10-11H,2-9H2,1H3,(H,15,16). The number of esters is 2. The second kappa shape index (κ2) is 10.8. The van der Waals surface area contributed by atoms with Crippen molar-refractivity contribution in [1.29, 1.82) is 0 Å². The molecule has 6 nitrogen and oxygen atoms in total. The third-order valence-corrected chi connectivity index (χ3v) is 6.03. The smallest absolute Gasteiger partial charge is 0.309 e. The SMILES string of the molecule is CC(OC(=O)CCCCC1CCSS1)OC(=O)CCC(=O)O. The molecule has 0 radical (unpaired) electrons. The zero-order chi connectivity index (χ0) is 16.4. The fraction of sp³-hybridized carbons (Fsp3) is 0.786. The number of carbonyl (C=O) groups excluding carboxylic acids is 2. The Morgan fingerprint density at radius 1 is 1.14 bits per heavy atom. The number of carboxylic acids is 1. The van der Waals surface area contributed by atoms with Crippen LogP contribution in [0, 0.1) is 0 Å². The van der Waals surface area contributed by atoms with Gasteiger partial charge in [0.05, 0.1) is 12.8 Å². The first kappa shape index (κ1) is 19.2. The predicted octanol–water partition coefficient (Wildman–Crippen LogP) is 3.00. The summed E-state index contributed by atoms with van der Waals surface area (Å²) in [4.78, 5) is 33.2. The van der Waals surface area contributed by atoms with Crippen LogP contribution >= 0.6 is 21.6 Å². The second-order valence-corrected chi connectivity index (χ2v) is 7.80. The number of carboxylic acid groups (broad SMARTS) is 1. The van der Waals surface area contributed by atoms with Crippen molar-refractivity contribution in [2.75, 3.05) is 5.75 Å². The van der Waals surface area contributed by atoms with Gasteiger partial charge in [0.1, 0.15) is 0 Å². The third-order valence-electron chi connectivity index (χ3n) is 3.02. The van der Waals surface area contributed by atoms with E-state index >= 15 is 0 Å². The van der Waals surface area contributed by atoms with Crippen LogP contribution in [0.25, 0.3) is 0 Å². The second-order valence-electron chi connectivity index (χ2n) is 5.02. The van der Waals surface area contributed by atoms with Crippen molar-refractivity contribution >= 4 is 39.5 Å². The molecule has 1 aliphatic rings. The lowest BCUT2D eigenvalue weighted by Crippen LogP contribution is -2.22. The van der Waals surface area contributed by atoms with Crippen LogP contribution < -0.4 is 0 Å². The van der Waals surface area contributed by atoms with Gasteiger partial charge in [-0.25, -0.2) is 0 Å². The third kappa shape index (κ3) is 9.19. The first-order chi connectivity index (χ1) is 10.5. The Morgan fingerprint density at radius 3 is 2.41 bits per heavy atom. The maximum Gasteiger partial charge on any atom is 0.309 e. The van der Waals surface area contributed by atoms with Crippen LogP contribution in [-0.4, -0.2) is 40.3 Å². The summed E-state index contributed by atoms with van der Waals surface area (Å²) in [5, 5.41) is 9.15. The average Bonchev–Trinajstić information content (AvgIpc) is 2.94. The minimum atomic E-state index is -1.07. The van der Waals surface area contributed by atoms with Gasteiger partial charge in [0, 0.05) is 24.3 Å².